The van der Waals surface area contributed by atoms with Crippen molar-refractivity contribution >= 4 is 5.91 Å². The Kier molecular flexibility index (Phi) is 5.44. The Bertz CT molecular complexity index is 436. The summed E-state index contributed by atoms with van der Waals surface area (Å²) in [6.07, 6.45) is 8.28. The topological polar surface area (TPSA) is 56.2 Å². The molecule has 1 amide bonds. The number of ether oxygens (including phenoxy) is 1. The Morgan fingerprint density at radius 1 is 1.40 bits per heavy atom. The van der Waals surface area contributed by atoms with E-state index in [0.717, 1.165) is 32.2 Å². The molecule has 1 fully saturated rings. The van der Waals surface area contributed by atoms with Gasteiger partial charge < -0.3 is 10.1 Å². The first kappa shape index (κ1) is 14.9. The summed E-state index contributed by atoms with van der Waals surface area (Å²) in [5.74, 6) is 0.418. The van der Waals surface area contributed by atoms with Gasteiger partial charge in [0.1, 0.15) is 5.56 Å². The molecule has 1 aliphatic carbocycles. The van der Waals surface area contributed by atoms with Gasteiger partial charge in [-0.2, -0.15) is 0 Å². The fraction of sp³-hybridized carbons (Fsp3) is 0.733. The summed E-state index contributed by atoms with van der Waals surface area (Å²) in [6.45, 7) is 5.53. The molecule has 0 unspecified atom stereocenters. The van der Waals surface area contributed by atoms with Gasteiger partial charge in [0, 0.05) is 18.8 Å². The highest BCUT2D eigenvalue weighted by Crippen LogP contribution is 2.21. The molecule has 112 valence electrons. The van der Waals surface area contributed by atoms with E-state index in [4.69, 9.17) is 4.74 Å². The number of rotatable bonds is 7. The van der Waals surface area contributed by atoms with Crippen LogP contribution in [0.5, 0.6) is 5.88 Å². The maximum Gasteiger partial charge on any atom is 0.258 e. The Hall–Kier alpha value is -1.52. The molecule has 20 heavy (non-hydrogen) atoms. The second-order valence-electron chi connectivity index (χ2n) is 5.41. The van der Waals surface area contributed by atoms with Crippen LogP contribution in [-0.4, -0.2) is 28.3 Å². The molecule has 0 spiro atoms. The van der Waals surface area contributed by atoms with Crippen LogP contribution in [0.15, 0.2) is 6.20 Å². The molecule has 1 aromatic rings. The third-order valence-corrected chi connectivity index (χ3v) is 3.56. The van der Waals surface area contributed by atoms with E-state index >= 15 is 0 Å². The van der Waals surface area contributed by atoms with Crippen molar-refractivity contribution in [2.45, 2.75) is 65.0 Å². The SMILES string of the molecule is CCCOc1nn(CCC)cc1C(=O)NC1CCCC1. The van der Waals surface area contributed by atoms with Crippen molar-refractivity contribution in [3.05, 3.63) is 11.8 Å². The third kappa shape index (κ3) is 3.74. The molecule has 1 saturated carbocycles. The van der Waals surface area contributed by atoms with Gasteiger partial charge in [0.15, 0.2) is 0 Å². The molecule has 1 heterocycles. The normalized spacial score (nSPS) is 15.5. The van der Waals surface area contributed by atoms with Crippen LogP contribution in [0, 0.1) is 0 Å². The minimum atomic E-state index is -0.0506. The highest BCUT2D eigenvalue weighted by Gasteiger charge is 2.22. The first-order valence-electron chi connectivity index (χ1n) is 7.75. The Labute approximate surface area is 120 Å². The summed E-state index contributed by atoms with van der Waals surface area (Å²) in [6, 6.07) is 0.316. The average molecular weight is 279 g/mol. The molecule has 1 aromatic heterocycles. The number of hydrogen-bond donors (Lipinski definition) is 1. The van der Waals surface area contributed by atoms with E-state index in [2.05, 4.69) is 17.3 Å². The van der Waals surface area contributed by atoms with Crippen LogP contribution >= 0.6 is 0 Å². The highest BCUT2D eigenvalue weighted by molar-refractivity contribution is 5.96. The Balaban J connectivity index is 2.07. The van der Waals surface area contributed by atoms with Crippen molar-refractivity contribution < 1.29 is 9.53 Å². The van der Waals surface area contributed by atoms with E-state index in [1.54, 1.807) is 10.9 Å². The summed E-state index contributed by atoms with van der Waals surface area (Å²) in [7, 11) is 0. The van der Waals surface area contributed by atoms with Gasteiger partial charge in [0.05, 0.1) is 6.61 Å². The van der Waals surface area contributed by atoms with E-state index in [1.807, 2.05) is 6.92 Å². The van der Waals surface area contributed by atoms with Crippen LogP contribution in [0.2, 0.25) is 0 Å². The molecule has 1 aliphatic rings. The van der Waals surface area contributed by atoms with Gasteiger partial charge >= 0.3 is 0 Å². The maximum atomic E-state index is 12.4. The second-order valence-corrected chi connectivity index (χ2v) is 5.41. The zero-order chi connectivity index (χ0) is 14.4. The molecular weight excluding hydrogens is 254 g/mol. The quantitative estimate of drug-likeness (QED) is 0.835. The number of aromatic nitrogens is 2. The van der Waals surface area contributed by atoms with Crippen LogP contribution in [0.1, 0.15) is 62.7 Å². The molecule has 0 atom stereocenters. The summed E-state index contributed by atoms with van der Waals surface area (Å²) in [5, 5.41) is 7.46. The third-order valence-electron chi connectivity index (χ3n) is 3.56. The van der Waals surface area contributed by atoms with Crippen LogP contribution < -0.4 is 10.1 Å². The lowest BCUT2D eigenvalue weighted by molar-refractivity contribution is 0.0933. The smallest absolute Gasteiger partial charge is 0.258 e. The van der Waals surface area contributed by atoms with E-state index in [0.29, 0.717) is 24.1 Å². The standard InChI is InChI=1S/C15H25N3O2/c1-3-9-18-11-13(15(17-18)20-10-4-2)14(19)16-12-7-5-6-8-12/h11-12H,3-10H2,1-2H3,(H,16,19). The van der Waals surface area contributed by atoms with Gasteiger partial charge in [-0.1, -0.05) is 26.7 Å². The van der Waals surface area contributed by atoms with Crippen molar-refractivity contribution in [2.24, 2.45) is 0 Å². The Morgan fingerprint density at radius 2 is 2.15 bits per heavy atom. The van der Waals surface area contributed by atoms with E-state index < -0.39 is 0 Å². The number of carbonyl (C=O) groups is 1. The summed E-state index contributed by atoms with van der Waals surface area (Å²) < 4.78 is 7.41. The second kappa shape index (κ2) is 7.31. The van der Waals surface area contributed by atoms with Crippen molar-refractivity contribution in [3.63, 3.8) is 0 Å². The molecule has 0 saturated heterocycles. The Morgan fingerprint density at radius 3 is 2.80 bits per heavy atom. The van der Waals surface area contributed by atoms with Crippen molar-refractivity contribution in [3.8, 4) is 5.88 Å². The summed E-state index contributed by atoms with van der Waals surface area (Å²) >= 11 is 0. The predicted molar refractivity (Wildman–Crippen MR) is 78.0 cm³/mol. The number of aryl methyl sites for hydroxylation is 1. The molecule has 0 bridgehead atoms. The molecule has 0 aromatic carbocycles. The first-order valence-corrected chi connectivity index (χ1v) is 7.75. The summed E-state index contributed by atoms with van der Waals surface area (Å²) in [4.78, 5) is 12.4. The number of nitrogens with one attached hydrogen (secondary N) is 1. The van der Waals surface area contributed by atoms with E-state index in [9.17, 15) is 4.79 Å². The fourth-order valence-corrected chi connectivity index (χ4v) is 2.54. The van der Waals surface area contributed by atoms with E-state index in [-0.39, 0.29) is 5.91 Å². The largest absolute Gasteiger partial charge is 0.476 e. The molecule has 0 radical (unpaired) electrons. The van der Waals surface area contributed by atoms with Crippen LogP contribution in [0.3, 0.4) is 0 Å². The molecule has 0 aliphatic heterocycles. The van der Waals surface area contributed by atoms with Gasteiger partial charge in [-0.3, -0.25) is 9.48 Å². The predicted octanol–water partition coefficient (Wildman–Crippen LogP) is 2.75. The summed E-state index contributed by atoms with van der Waals surface area (Å²) in [5.41, 5.74) is 0.568. The number of hydrogen-bond acceptors (Lipinski definition) is 3. The first-order chi connectivity index (χ1) is 9.74. The van der Waals surface area contributed by atoms with Crippen LogP contribution in [0.25, 0.3) is 0 Å². The van der Waals surface area contributed by atoms with Gasteiger partial charge in [-0.15, -0.1) is 5.10 Å². The molecule has 5 nitrogen and oxygen atoms in total. The van der Waals surface area contributed by atoms with Gasteiger partial charge in [0.2, 0.25) is 5.88 Å². The van der Waals surface area contributed by atoms with Gasteiger partial charge in [-0.25, -0.2) is 0 Å². The maximum absolute atomic E-state index is 12.4. The lowest BCUT2D eigenvalue weighted by atomic mass is 10.2. The minimum absolute atomic E-state index is 0.0506. The van der Waals surface area contributed by atoms with Crippen molar-refractivity contribution in [1.82, 2.24) is 15.1 Å². The lowest BCUT2D eigenvalue weighted by Crippen LogP contribution is -2.32. The van der Waals surface area contributed by atoms with E-state index in [1.165, 1.54) is 12.8 Å². The number of nitrogens with zero attached hydrogens (tertiary/aromatic N) is 2. The fourth-order valence-electron chi connectivity index (χ4n) is 2.54. The van der Waals surface area contributed by atoms with Gasteiger partial charge in [-0.05, 0) is 25.7 Å². The van der Waals surface area contributed by atoms with Crippen LogP contribution in [0.4, 0.5) is 0 Å². The molecule has 5 heteroatoms. The zero-order valence-electron chi connectivity index (χ0n) is 12.5. The average Bonchev–Trinajstić information content (AvgIpc) is 3.06. The number of amides is 1. The molecule has 2 rings (SSSR count). The highest BCUT2D eigenvalue weighted by atomic mass is 16.5. The zero-order valence-corrected chi connectivity index (χ0v) is 12.5. The van der Waals surface area contributed by atoms with Crippen molar-refractivity contribution in [1.29, 1.82) is 0 Å². The lowest BCUT2D eigenvalue weighted by Gasteiger charge is -2.11. The van der Waals surface area contributed by atoms with Gasteiger partial charge in [0.25, 0.3) is 5.91 Å². The number of carbonyl (C=O) groups excluding carboxylic acids is 1. The van der Waals surface area contributed by atoms with Crippen LogP contribution in [-0.2, 0) is 6.54 Å². The van der Waals surface area contributed by atoms with Crippen molar-refractivity contribution in [2.75, 3.05) is 6.61 Å². The molecular formula is C15H25N3O2. The minimum Gasteiger partial charge on any atom is -0.476 e. The molecule has 1 N–H and O–H groups in total. The monoisotopic (exact) mass is 279 g/mol.